The minimum Gasteiger partial charge on any atom is -0.492 e. The molecule has 0 aromatic heterocycles. The molecule has 1 aliphatic heterocycles. The van der Waals surface area contributed by atoms with Gasteiger partial charge in [-0.3, -0.25) is 4.79 Å². The number of hydrogen-bond donors (Lipinski definition) is 1. The van der Waals surface area contributed by atoms with Crippen LogP contribution in [-0.4, -0.2) is 49.8 Å². The van der Waals surface area contributed by atoms with Gasteiger partial charge in [-0.15, -0.1) is 12.4 Å². The fraction of sp³-hybridized carbons (Fsp3) is 0.533. The van der Waals surface area contributed by atoms with Crippen molar-refractivity contribution in [2.24, 2.45) is 5.73 Å². The van der Waals surface area contributed by atoms with Crippen LogP contribution in [-0.2, 0) is 9.53 Å². The molecule has 1 aromatic carbocycles. The highest BCUT2D eigenvalue weighted by Crippen LogP contribution is 2.20. The minimum absolute atomic E-state index is 0. The van der Waals surface area contributed by atoms with Crippen molar-refractivity contribution in [1.82, 2.24) is 4.90 Å². The van der Waals surface area contributed by atoms with Gasteiger partial charge in [0, 0.05) is 18.6 Å². The number of carbonyl (C=O) groups is 1. The van der Waals surface area contributed by atoms with Crippen molar-refractivity contribution in [3.05, 3.63) is 29.3 Å². The monoisotopic (exact) mass is 348 g/mol. The summed E-state index contributed by atoms with van der Waals surface area (Å²) in [6.45, 7) is 1.40. The summed E-state index contributed by atoms with van der Waals surface area (Å²) < 4.78 is 11.2. The van der Waals surface area contributed by atoms with Gasteiger partial charge >= 0.3 is 0 Å². The van der Waals surface area contributed by atoms with E-state index in [0.29, 0.717) is 24.7 Å². The summed E-state index contributed by atoms with van der Waals surface area (Å²) in [6.07, 6.45) is 1.24. The molecular formula is C15H22Cl2N2O3. The van der Waals surface area contributed by atoms with Crippen LogP contribution in [0.5, 0.6) is 5.75 Å². The highest BCUT2D eigenvalue weighted by atomic mass is 35.5. The maximum absolute atomic E-state index is 12.2. The van der Waals surface area contributed by atoms with Gasteiger partial charge in [-0.1, -0.05) is 11.6 Å². The average Bonchev–Trinajstić information content (AvgIpc) is 2.97. The second-order valence-corrected chi connectivity index (χ2v) is 5.56. The Morgan fingerprint density at radius 1 is 1.41 bits per heavy atom. The van der Waals surface area contributed by atoms with E-state index in [4.69, 9.17) is 26.8 Å². The molecule has 0 spiro atoms. The summed E-state index contributed by atoms with van der Waals surface area (Å²) in [5.41, 5.74) is 5.55. The van der Waals surface area contributed by atoms with Gasteiger partial charge in [0.1, 0.15) is 18.5 Å². The third kappa shape index (κ3) is 5.32. The zero-order chi connectivity index (χ0) is 15.2. The lowest BCUT2D eigenvalue weighted by Crippen LogP contribution is -2.39. The molecule has 124 valence electrons. The second-order valence-electron chi connectivity index (χ2n) is 5.12. The zero-order valence-electron chi connectivity index (χ0n) is 12.5. The molecule has 1 aromatic rings. The summed E-state index contributed by atoms with van der Waals surface area (Å²) in [5.74, 6) is 0.728. The maximum Gasteiger partial charge on any atom is 0.251 e. The average molecular weight is 349 g/mol. The Bertz CT molecular complexity index is 470. The van der Waals surface area contributed by atoms with E-state index in [9.17, 15) is 4.79 Å². The van der Waals surface area contributed by atoms with E-state index in [-0.39, 0.29) is 30.5 Å². The highest BCUT2D eigenvalue weighted by Gasteiger charge is 2.31. The van der Waals surface area contributed by atoms with Crippen molar-refractivity contribution in [3.63, 3.8) is 0 Å². The SMILES string of the molecule is CN(CCOc1ccc(Cl)cc1)C(=O)[C@@H]1CC[C@H](CN)O1.Cl. The van der Waals surface area contributed by atoms with Crippen LogP contribution in [0, 0.1) is 0 Å². The molecule has 1 amide bonds. The van der Waals surface area contributed by atoms with Crippen molar-refractivity contribution >= 4 is 29.9 Å². The van der Waals surface area contributed by atoms with E-state index in [1.807, 2.05) is 0 Å². The van der Waals surface area contributed by atoms with Crippen LogP contribution in [0.25, 0.3) is 0 Å². The van der Waals surface area contributed by atoms with E-state index < -0.39 is 0 Å². The predicted octanol–water partition coefficient (Wildman–Crippen LogP) is 2.11. The van der Waals surface area contributed by atoms with Crippen LogP contribution in [0.15, 0.2) is 24.3 Å². The molecule has 1 aliphatic rings. The van der Waals surface area contributed by atoms with Crippen LogP contribution in [0.3, 0.4) is 0 Å². The largest absolute Gasteiger partial charge is 0.492 e. The third-order valence-corrected chi connectivity index (χ3v) is 3.78. The molecule has 7 heteroatoms. The van der Waals surface area contributed by atoms with Gasteiger partial charge in [0.25, 0.3) is 5.91 Å². The molecule has 0 aliphatic carbocycles. The predicted molar refractivity (Wildman–Crippen MR) is 88.8 cm³/mol. The number of likely N-dealkylation sites (N-methyl/N-ethyl adjacent to an activating group) is 1. The van der Waals surface area contributed by atoms with Gasteiger partial charge in [0.2, 0.25) is 0 Å². The van der Waals surface area contributed by atoms with E-state index in [2.05, 4.69) is 0 Å². The van der Waals surface area contributed by atoms with E-state index >= 15 is 0 Å². The quantitative estimate of drug-likeness (QED) is 0.854. The summed E-state index contributed by atoms with van der Waals surface area (Å²) in [7, 11) is 1.76. The first kappa shape index (κ1) is 19.0. The van der Waals surface area contributed by atoms with E-state index in [1.165, 1.54) is 0 Å². The van der Waals surface area contributed by atoms with Gasteiger partial charge < -0.3 is 20.1 Å². The molecule has 1 saturated heterocycles. The van der Waals surface area contributed by atoms with Crippen LogP contribution in [0.4, 0.5) is 0 Å². The normalized spacial score (nSPS) is 20.3. The number of carbonyl (C=O) groups excluding carboxylic acids is 1. The number of hydrogen-bond acceptors (Lipinski definition) is 4. The molecular weight excluding hydrogens is 327 g/mol. The summed E-state index contributed by atoms with van der Waals surface area (Å²) in [5, 5.41) is 0.669. The Kier molecular flexibility index (Phi) is 7.96. The molecule has 2 N–H and O–H groups in total. The first-order valence-electron chi connectivity index (χ1n) is 7.09. The Labute approximate surface area is 142 Å². The van der Waals surface area contributed by atoms with Gasteiger partial charge in [0.15, 0.2) is 0 Å². The topological polar surface area (TPSA) is 64.8 Å². The molecule has 22 heavy (non-hydrogen) atoms. The number of benzene rings is 1. The second kappa shape index (κ2) is 9.20. The van der Waals surface area contributed by atoms with Crippen molar-refractivity contribution in [3.8, 4) is 5.75 Å². The van der Waals surface area contributed by atoms with Gasteiger partial charge in [-0.05, 0) is 37.1 Å². The Morgan fingerprint density at radius 3 is 2.68 bits per heavy atom. The van der Waals surface area contributed by atoms with Crippen LogP contribution < -0.4 is 10.5 Å². The number of halogens is 2. The van der Waals surface area contributed by atoms with Crippen LogP contribution >= 0.6 is 24.0 Å². The molecule has 0 saturated carbocycles. The summed E-state index contributed by atoms with van der Waals surface area (Å²) in [4.78, 5) is 13.8. The fourth-order valence-corrected chi connectivity index (χ4v) is 2.37. The molecule has 1 heterocycles. The Balaban J connectivity index is 0.00000242. The van der Waals surface area contributed by atoms with Crippen molar-refractivity contribution < 1.29 is 14.3 Å². The Hall–Kier alpha value is -1.01. The molecule has 5 nitrogen and oxygen atoms in total. The maximum atomic E-state index is 12.2. The lowest BCUT2D eigenvalue weighted by atomic mass is 10.2. The Morgan fingerprint density at radius 2 is 2.09 bits per heavy atom. The highest BCUT2D eigenvalue weighted by molar-refractivity contribution is 6.30. The van der Waals surface area contributed by atoms with E-state index in [1.54, 1.807) is 36.2 Å². The number of rotatable bonds is 6. The van der Waals surface area contributed by atoms with Gasteiger partial charge in [-0.25, -0.2) is 0 Å². The standard InChI is InChI=1S/C15H21ClN2O3.ClH/c1-18(15(19)14-7-6-13(10-17)21-14)8-9-20-12-4-2-11(16)3-5-12;/h2-5,13-14H,6-10,17H2,1H3;1H/t13-,14+;/m1./s1. The van der Waals surface area contributed by atoms with Gasteiger partial charge in [-0.2, -0.15) is 0 Å². The first-order valence-corrected chi connectivity index (χ1v) is 7.47. The smallest absolute Gasteiger partial charge is 0.251 e. The number of nitrogens with two attached hydrogens (primary N) is 1. The molecule has 0 unspecified atom stereocenters. The number of ether oxygens (including phenoxy) is 2. The molecule has 0 radical (unpaired) electrons. The van der Waals surface area contributed by atoms with Crippen LogP contribution in [0.1, 0.15) is 12.8 Å². The van der Waals surface area contributed by atoms with Gasteiger partial charge in [0.05, 0.1) is 12.6 Å². The molecule has 1 fully saturated rings. The zero-order valence-corrected chi connectivity index (χ0v) is 14.1. The summed E-state index contributed by atoms with van der Waals surface area (Å²) in [6, 6.07) is 7.14. The fourth-order valence-electron chi connectivity index (χ4n) is 2.25. The van der Waals surface area contributed by atoms with Crippen molar-refractivity contribution in [2.45, 2.75) is 25.0 Å². The third-order valence-electron chi connectivity index (χ3n) is 3.53. The lowest BCUT2D eigenvalue weighted by molar-refractivity contribution is -0.141. The van der Waals surface area contributed by atoms with Crippen LogP contribution in [0.2, 0.25) is 5.02 Å². The first-order chi connectivity index (χ1) is 10.1. The number of amides is 1. The molecule has 2 rings (SSSR count). The molecule has 2 atom stereocenters. The summed E-state index contributed by atoms with van der Waals surface area (Å²) >= 11 is 5.80. The van der Waals surface area contributed by atoms with Crippen molar-refractivity contribution in [2.75, 3.05) is 26.7 Å². The number of nitrogens with zero attached hydrogens (tertiary/aromatic N) is 1. The van der Waals surface area contributed by atoms with Crippen molar-refractivity contribution in [1.29, 1.82) is 0 Å². The molecule has 0 bridgehead atoms. The lowest BCUT2D eigenvalue weighted by Gasteiger charge is -2.21. The van der Waals surface area contributed by atoms with E-state index in [0.717, 1.165) is 18.6 Å². The minimum atomic E-state index is -0.362.